The van der Waals surface area contributed by atoms with Crippen LogP contribution in [-0.4, -0.2) is 40.7 Å². The highest BCUT2D eigenvalue weighted by atomic mass is 16.6. The third-order valence-electron chi connectivity index (χ3n) is 4.14. The molecule has 1 amide bonds. The summed E-state index contributed by atoms with van der Waals surface area (Å²) in [5.74, 6) is -1.83. The van der Waals surface area contributed by atoms with Crippen LogP contribution in [0.15, 0.2) is 18.2 Å². The minimum Gasteiger partial charge on any atom is -0.478 e. The van der Waals surface area contributed by atoms with Crippen LogP contribution in [-0.2, 0) is 4.74 Å². The van der Waals surface area contributed by atoms with Gasteiger partial charge in [-0.05, 0) is 25.3 Å². The Hall–Kier alpha value is -2.48. The Kier molecular flexibility index (Phi) is 4.95. The lowest BCUT2D eigenvalue weighted by Crippen LogP contribution is -2.51. The van der Waals surface area contributed by atoms with Crippen LogP contribution < -0.4 is 5.32 Å². The number of amides is 1. The molecule has 0 aromatic heterocycles. The Morgan fingerprint density at radius 3 is 2.43 bits per heavy atom. The Balaban J connectivity index is 2.30. The van der Waals surface area contributed by atoms with Crippen LogP contribution in [0.4, 0.5) is 5.69 Å². The summed E-state index contributed by atoms with van der Waals surface area (Å²) in [6, 6.07) is 3.17. The van der Waals surface area contributed by atoms with Crippen LogP contribution >= 0.6 is 0 Å². The molecule has 0 saturated carbocycles. The van der Waals surface area contributed by atoms with Gasteiger partial charge in [0.05, 0.1) is 10.5 Å². The lowest BCUT2D eigenvalue weighted by atomic mass is 9.87. The Labute approximate surface area is 132 Å². The van der Waals surface area contributed by atoms with E-state index < -0.39 is 28.0 Å². The van der Waals surface area contributed by atoms with Crippen LogP contribution in [0.2, 0.25) is 0 Å². The molecule has 8 nitrogen and oxygen atoms in total. The summed E-state index contributed by atoms with van der Waals surface area (Å²) in [6.45, 7) is 3.01. The molecule has 1 aliphatic rings. The fourth-order valence-electron chi connectivity index (χ4n) is 2.61. The van der Waals surface area contributed by atoms with Crippen LogP contribution in [0.5, 0.6) is 0 Å². The molecular formula is C15H18N2O6. The summed E-state index contributed by atoms with van der Waals surface area (Å²) in [6.07, 6.45) is 1.99. The number of ether oxygens (including phenoxy) is 1. The number of carbonyl (C=O) groups is 2. The van der Waals surface area contributed by atoms with E-state index in [0.29, 0.717) is 32.5 Å². The molecule has 0 aliphatic carbocycles. The van der Waals surface area contributed by atoms with Crippen molar-refractivity contribution in [1.82, 2.24) is 5.32 Å². The predicted molar refractivity (Wildman–Crippen MR) is 80.6 cm³/mol. The fraction of sp³-hybridized carbons (Fsp3) is 0.467. The van der Waals surface area contributed by atoms with Crippen molar-refractivity contribution in [2.45, 2.75) is 31.7 Å². The molecule has 2 N–H and O–H groups in total. The zero-order valence-corrected chi connectivity index (χ0v) is 12.7. The van der Waals surface area contributed by atoms with Gasteiger partial charge in [-0.2, -0.15) is 0 Å². The summed E-state index contributed by atoms with van der Waals surface area (Å²) in [5, 5.41) is 22.9. The van der Waals surface area contributed by atoms with Gasteiger partial charge in [-0.15, -0.1) is 0 Å². The van der Waals surface area contributed by atoms with Gasteiger partial charge in [0.1, 0.15) is 0 Å². The van der Waals surface area contributed by atoms with E-state index in [-0.39, 0.29) is 11.1 Å². The van der Waals surface area contributed by atoms with Gasteiger partial charge in [0.15, 0.2) is 0 Å². The zero-order valence-electron chi connectivity index (χ0n) is 12.7. The minimum absolute atomic E-state index is 0.0316. The first-order chi connectivity index (χ1) is 10.9. The van der Waals surface area contributed by atoms with Crippen molar-refractivity contribution in [3.63, 3.8) is 0 Å². The van der Waals surface area contributed by atoms with Gasteiger partial charge in [0.2, 0.25) is 0 Å². The number of nitro benzene ring substituents is 1. The number of nitro groups is 1. The van der Waals surface area contributed by atoms with Crippen molar-refractivity contribution in [2.75, 3.05) is 13.2 Å². The molecule has 0 atom stereocenters. The van der Waals surface area contributed by atoms with Crippen LogP contribution in [0.3, 0.4) is 0 Å². The van der Waals surface area contributed by atoms with Gasteiger partial charge >= 0.3 is 5.97 Å². The van der Waals surface area contributed by atoms with Gasteiger partial charge in [-0.1, -0.05) is 6.92 Å². The average Bonchev–Trinajstić information content (AvgIpc) is 2.55. The first-order valence-electron chi connectivity index (χ1n) is 7.30. The summed E-state index contributed by atoms with van der Waals surface area (Å²) < 4.78 is 5.30. The Morgan fingerprint density at radius 1 is 1.30 bits per heavy atom. The number of aromatic carboxylic acids is 1. The molecule has 124 valence electrons. The second-order valence-electron chi connectivity index (χ2n) is 5.53. The van der Waals surface area contributed by atoms with E-state index in [1.54, 1.807) is 0 Å². The van der Waals surface area contributed by atoms with Crippen LogP contribution in [0.25, 0.3) is 0 Å². The van der Waals surface area contributed by atoms with E-state index in [1.165, 1.54) is 0 Å². The molecule has 1 aromatic rings. The topological polar surface area (TPSA) is 119 Å². The van der Waals surface area contributed by atoms with E-state index in [1.807, 2.05) is 6.92 Å². The van der Waals surface area contributed by atoms with E-state index in [2.05, 4.69) is 5.32 Å². The minimum atomic E-state index is -1.32. The molecule has 0 spiro atoms. The molecule has 1 saturated heterocycles. The molecule has 1 fully saturated rings. The lowest BCUT2D eigenvalue weighted by molar-refractivity contribution is -0.384. The van der Waals surface area contributed by atoms with Crippen molar-refractivity contribution in [3.8, 4) is 0 Å². The molecular weight excluding hydrogens is 304 g/mol. The third kappa shape index (κ3) is 3.84. The summed E-state index contributed by atoms with van der Waals surface area (Å²) in [4.78, 5) is 33.8. The SMILES string of the molecule is CCC1(NC(=O)c2cc(C(=O)O)cc([N+](=O)[O-])c2)CCOCC1. The molecule has 1 heterocycles. The van der Waals surface area contributed by atoms with E-state index in [4.69, 9.17) is 9.84 Å². The van der Waals surface area contributed by atoms with Crippen molar-refractivity contribution < 1.29 is 24.4 Å². The van der Waals surface area contributed by atoms with E-state index in [9.17, 15) is 19.7 Å². The number of carbonyl (C=O) groups excluding carboxylic acids is 1. The number of hydrogen-bond donors (Lipinski definition) is 2. The van der Waals surface area contributed by atoms with Crippen molar-refractivity contribution in [1.29, 1.82) is 0 Å². The Morgan fingerprint density at radius 2 is 1.91 bits per heavy atom. The van der Waals surface area contributed by atoms with Gasteiger partial charge in [-0.25, -0.2) is 4.79 Å². The largest absolute Gasteiger partial charge is 0.478 e. The van der Waals surface area contributed by atoms with Crippen LogP contribution in [0, 0.1) is 10.1 Å². The Bertz CT molecular complexity index is 605. The highest BCUT2D eigenvalue weighted by Gasteiger charge is 2.33. The molecule has 23 heavy (non-hydrogen) atoms. The second kappa shape index (κ2) is 6.74. The normalized spacial score (nSPS) is 16.6. The smallest absolute Gasteiger partial charge is 0.335 e. The van der Waals surface area contributed by atoms with Gasteiger partial charge in [-0.3, -0.25) is 14.9 Å². The fourth-order valence-corrected chi connectivity index (χ4v) is 2.61. The highest BCUT2D eigenvalue weighted by molar-refractivity contribution is 5.98. The molecule has 0 radical (unpaired) electrons. The first kappa shape index (κ1) is 16.9. The number of hydrogen-bond acceptors (Lipinski definition) is 5. The first-order valence-corrected chi connectivity index (χ1v) is 7.30. The number of benzene rings is 1. The number of carboxylic acid groups (broad SMARTS) is 1. The monoisotopic (exact) mass is 322 g/mol. The van der Waals surface area contributed by atoms with Gasteiger partial charge in [0, 0.05) is 36.4 Å². The molecule has 8 heteroatoms. The van der Waals surface area contributed by atoms with Crippen LogP contribution in [0.1, 0.15) is 46.9 Å². The zero-order chi connectivity index (χ0) is 17.0. The van der Waals surface area contributed by atoms with E-state index in [0.717, 1.165) is 18.2 Å². The van der Waals surface area contributed by atoms with Gasteiger partial charge in [0.25, 0.3) is 11.6 Å². The quantitative estimate of drug-likeness (QED) is 0.632. The van der Waals surface area contributed by atoms with Crippen molar-refractivity contribution in [2.24, 2.45) is 0 Å². The average molecular weight is 322 g/mol. The van der Waals surface area contributed by atoms with Crippen molar-refractivity contribution >= 4 is 17.6 Å². The maximum atomic E-state index is 12.5. The summed E-state index contributed by atoms with van der Waals surface area (Å²) >= 11 is 0. The number of rotatable bonds is 5. The molecule has 0 unspecified atom stereocenters. The standard InChI is InChI=1S/C15H18N2O6/c1-2-15(3-5-23-6-4-15)16-13(18)10-7-11(14(19)20)9-12(8-10)17(21)22/h7-9H,2-6H2,1H3,(H,16,18)(H,19,20). The lowest BCUT2D eigenvalue weighted by Gasteiger charge is -2.37. The molecule has 0 bridgehead atoms. The van der Waals surface area contributed by atoms with Crippen molar-refractivity contribution in [3.05, 3.63) is 39.4 Å². The maximum Gasteiger partial charge on any atom is 0.335 e. The maximum absolute atomic E-state index is 12.5. The highest BCUT2D eigenvalue weighted by Crippen LogP contribution is 2.25. The van der Waals surface area contributed by atoms with Gasteiger partial charge < -0.3 is 15.2 Å². The summed E-state index contributed by atoms with van der Waals surface area (Å²) in [7, 11) is 0. The number of nitrogens with one attached hydrogen (secondary N) is 1. The summed E-state index contributed by atoms with van der Waals surface area (Å²) in [5.41, 5.74) is -1.17. The number of non-ortho nitro benzene ring substituents is 1. The second-order valence-corrected chi connectivity index (χ2v) is 5.53. The molecule has 1 aliphatic heterocycles. The van der Waals surface area contributed by atoms with E-state index >= 15 is 0 Å². The molecule has 2 rings (SSSR count). The number of carboxylic acids is 1. The third-order valence-corrected chi connectivity index (χ3v) is 4.14. The predicted octanol–water partition coefficient (Wildman–Crippen LogP) is 1.98. The molecule has 1 aromatic carbocycles. The number of nitrogens with zero attached hydrogens (tertiary/aromatic N) is 1.